The highest BCUT2D eigenvalue weighted by Crippen LogP contribution is 2.30. The molecule has 3 aromatic rings. The molecule has 1 saturated heterocycles. The number of carbonyl (C=O) groups is 1. The van der Waals surface area contributed by atoms with Crippen molar-refractivity contribution in [2.24, 2.45) is 0 Å². The van der Waals surface area contributed by atoms with Gasteiger partial charge in [-0.15, -0.1) is 0 Å². The normalized spacial score (nSPS) is 17.2. The Balaban J connectivity index is 1.43. The molecular weight excluding hydrogens is 462 g/mol. The monoisotopic (exact) mass is 493 g/mol. The predicted molar refractivity (Wildman–Crippen MR) is 139 cm³/mol. The van der Waals surface area contributed by atoms with Crippen molar-refractivity contribution in [1.29, 1.82) is 0 Å². The summed E-state index contributed by atoms with van der Waals surface area (Å²) in [5, 5.41) is 29.9. The van der Waals surface area contributed by atoms with E-state index in [-0.39, 0.29) is 17.4 Å². The molecule has 11 heteroatoms. The molecule has 0 radical (unpaired) electrons. The molecule has 2 aromatic heterocycles. The van der Waals surface area contributed by atoms with Crippen molar-refractivity contribution >= 4 is 28.9 Å². The van der Waals surface area contributed by atoms with Gasteiger partial charge in [-0.25, -0.2) is 4.98 Å². The van der Waals surface area contributed by atoms with Gasteiger partial charge in [0.25, 0.3) is 0 Å². The number of carbonyl (C=O) groups excluding carboxylic acids is 1. The first-order valence-electron chi connectivity index (χ1n) is 12.0. The van der Waals surface area contributed by atoms with E-state index in [4.69, 9.17) is 5.73 Å². The first kappa shape index (κ1) is 25.1. The van der Waals surface area contributed by atoms with E-state index < -0.39 is 17.1 Å². The Hall–Kier alpha value is -3.96. The number of anilines is 3. The lowest BCUT2D eigenvalue weighted by Crippen LogP contribution is -2.35. The van der Waals surface area contributed by atoms with Gasteiger partial charge < -0.3 is 31.4 Å². The molecule has 1 aliphatic rings. The summed E-state index contributed by atoms with van der Waals surface area (Å²) in [6, 6.07) is 10.7. The molecule has 190 valence electrons. The molecule has 1 unspecified atom stereocenters. The maximum atomic E-state index is 12.8. The molecule has 6 N–H and O–H groups in total. The SMILES string of the molecule is CCc1ccc(-c2cn(CCCNc3ccc([N+](=O)[O-])c(N)n3)cc2NC(=O)[C@@H]2CC(O)CN2)cc1. The maximum absolute atomic E-state index is 12.8. The highest BCUT2D eigenvalue weighted by atomic mass is 16.6. The summed E-state index contributed by atoms with van der Waals surface area (Å²) in [4.78, 5) is 27.2. The van der Waals surface area contributed by atoms with Crippen LogP contribution in [0.25, 0.3) is 11.1 Å². The Labute approximate surface area is 208 Å². The molecule has 1 amide bonds. The molecule has 2 atom stereocenters. The van der Waals surface area contributed by atoms with Crippen molar-refractivity contribution in [2.75, 3.05) is 29.5 Å². The van der Waals surface area contributed by atoms with Crippen molar-refractivity contribution in [3.05, 3.63) is 64.5 Å². The molecule has 0 saturated carbocycles. The van der Waals surface area contributed by atoms with Gasteiger partial charge in [-0.1, -0.05) is 31.2 Å². The highest BCUT2D eigenvalue weighted by Gasteiger charge is 2.28. The van der Waals surface area contributed by atoms with Crippen LogP contribution in [0, 0.1) is 10.1 Å². The zero-order valence-electron chi connectivity index (χ0n) is 20.1. The number of amides is 1. The Bertz CT molecular complexity index is 1230. The predicted octanol–water partition coefficient (Wildman–Crippen LogP) is 2.77. The van der Waals surface area contributed by atoms with Crippen molar-refractivity contribution < 1.29 is 14.8 Å². The van der Waals surface area contributed by atoms with E-state index in [1.807, 2.05) is 17.0 Å². The highest BCUT2D eigenvalue weighted by molar-refractivity contribution is 5.98. The summed E-state index contributed by atoms with van der Waals surface area (Å²) in [6.45, 7) is 3.77. The van der Waals surface area contributed by atoms with Crippen LogP contribution in [-0.4, -0.2) is 50.7 Å². The number of rotatable bonds is 10. The fraction of sp³-hybridized carbons (Fsp3) is 0.360. The number of aryl methyl sites for hydroxylation is 2. The molecular formula is C25H31N7O4. The Morgan fingerprint density at radius 3 is 2.69 bits per heavy atom. The lowest BCUT2D eigenvalue weighted by molar-refractivity contribution is -0.384. The van der Waals surface area contributed by atoms with Crippen molar-refractivity contribution in [1.82, 2.24) is 14.9 Å². The van der Waals surface area contributed by atoms with E-state index in [0.29, 0.717) is 37.6 Å². The number of aromatic nitrogens is 2. The van der Waals surface area contributed by atoms with E-state index in [1.54, 1.807) is 0 Å². The second kappa shape index (κ2) is 11.2. The first-order valence-corrected chi connectivity index (χ1v) is 12.0. The largest absolute Gasteiger partial charge is 0.392 e. The van der Waals surface area contributed by atoms with E-state index >= 15 is 0 Å². The topological polar surface area (TPSA) is 160 Å². The number of aliphatic hydroxyl groups excluding tert-OH is 1. The second-order valence-electron chi connectivity index (χ2n) is 8.85. The number of pyridine rings is 1. The van der Waals surface area contributed by atoms with E-state index in [0.717, 1.165) is 24.0 Å². The van der Waals surface area contributed by atoms with Gasteiger partial charge in [-0.2, -0.15) is 0 Å². The number of nitrogens with one attached hydrogen (secondary N) is 3. The lowest BCUT2D eigenvalue weighted by Gasteiger charge is -2.12. The molecule has 0 spiro atoms. The number of nitrogens with zero attached hydrogens (tertiary/aromatic N) is 3. The lowest BCUT2D eigenvalue weighted by atomic mass is 10.0. The number of nitrogen functional groups attached to an aromatic ring is 1. The number of nitro groups is 1. The van der Waals surface area contributed by atoms with Gasteiger partial charge in [0.2, 0.25) is 11.7 Å². The van der Waals surface area contributed by atoms with Gasteiger partial charge in [0.05, 0.1) is 22.8 Å². The molecule has 1 aromatic carbocycles. The van der Waals surface area contributed by atoms with Crippen molar-refractivity contribution in [3.8, 4) is 11.1 Å². The number of hydrogen-bond acceptors (Lipinski definition) is 8. The van der Waals surface area contributed by atoms with Crippen LogP contribution in [0.3, 0.4) is 0 Å². The van der Waals surface area contributed by atoms with E-state index in [1.165, 1.54) is 17.7 Å². The van der Waals surface area contributed by atoms with Crippen LogP contribution < -0.4 is 21.7 Å². The third-order valence-corrected chi connectivity index (χ3v) is 6.23. The summed E-state index contributed by atoms with van der Waals surface area (Å²) >= 11 is 0. The molecule has 11 nitrogen and oxygen atoms in total. The van der Waals surface area contributed by atoms with Crippen LogP contribution in [0.4, 0.5) is 23.0 Å². The van der Waals surface area contributed by atoms with Crippen molar-refractivity contribution in [2.45, 2.75) is 44.9 Å². The molecule has 36 heavy (non-hydrogen) atoms. The number of hydrogen-bond donors (Lipinski definition) is 5. The van der Waals surface area contributed by atoms with Crippen LogP contribution in [0.5, 0.6) is 0 Å². The number of aliphatic hydroxyl groups is 1. The summed E-state index contributed by atoms with van der Waals surface area (Å²) in [6.07, 6.45) is 5.48. The van der Waals surface area contributed by atoms with Crippen LogP contribution in [0.2, 0.25) is 0 Å². The summed E-state index contributed by atoms with van der Waals surface area (Å²) in [7, 11) is 0. The molecule has 0 bridgehead atoms. The minimum Gasteiger partial charge on any atom is -0.392 e. The Morgan fingerprint density at radius 1 is 1.28 bits per heavy atom. The number of benzene rings is 1. The fourth-order valence-electron chi connectivity index (χ4n) is 4.22. The van der Waals surface area contributed by atoms with Gasteiger partial charge in [0.1, 0.15) is 5.82 Å². The van der Waals surface area contributed by atoms with Gasteiger partial charge in [-0.05, 0) is 36.5 Å². The van der Waals surface area contributed by atoms with Crippen LogP contribution >= 0.6 is 0 Å². The maximum Gasteiger partial charge on any atom is 0.311 e. The standard InChI is InChI=1S/C25H31N7O4/c1-2-16-4-6-17(7-5-16)19-14-31(15-21(19)29-25(34)20-12-18(33)13-28-20)11-3-10-27-23-9-8-22(32(35)36)24(26)30-23/h4-9,14-15,18,20,28,33H,2-3,10-13H2,1H3,(H,29,34)(H3,26,27,30)/t18?,20-/m0/s1. The minimum atomic E-state index is -0.563. The molecule has 3 heterocycles. The fourth-order valence-corrected chi connectivity index (χ4v) is 4.22. The molecule has 0 aliphatic carbocycles. The molecule has 1 fully saturated rings. The summed E-state index contributed by atoms with van der Waals surface area (Å²) in [5.74, 6) is 0.180. The average molecular weight is 494 g/mol. The number of nitrogens with two attached hydrogens (primary N) is 1. The zero-order valence-corrected chi connectivity index (χ0v) is 20.1. The first-order chi connectivity index (χ1) is 17.3. The quantitative estimate of drug-likeness (QED) is 0.164. The number of β-amino-alcohol motifs (C(OH)–C–C–N with tert-alkyl or cyclic N) is 1. The van der Waals surface area contributed by atoms with Crippen molar-refractivity contribution in [3.63, 3.8) is 0 Å². The summed E-state index contributed by atoms with van der Waals surface area (Å²) in [5.41, 5.74) is 9.31. The van der Waals surface area contributed by atoms with Crippen LogP contribution in [-0.2, 0) is 17.8 Å². The Kier molecular flexibility index (Phi) is 7.81. The van der Waals surface area contributed by atoms with Gasteiger partial charge in [-0.3, -0.25) is 14.9 Å². The van der Waals surface area contributed by atoms with E-state index in [2.05, 4.69) is 52.1 Å². The van der Waals surface area contributed by atoms with Gasteiger partial charge in [0, 0.05) is 43.7 Å². The third kappa shape index (κ3) is 5.99. The molecule has 4 rings (SSSR count). The van der Waals surface area contributed by atoms with Gasteiger partial charge >= 0.3 is 5.69 Å². The van der Waals surface area contributed by atoms with Gasteiger partial charge in [0.15, 0.2) is 0 Å². The third-order valence-electron chi connectivity index (χ3n) is 6.23. The second-order valence-corrected chi connectivity index (χ2v) is 8.85. The Morgan fingerprint density at radius 2 is 2.06 bits per heavy atom. The van der Waals surface area contributed by atoms with Crippen LogP contribution in [0.1, 0.15) is 25.3 Å². The smallest absolute Gasteiger partial charge is 0.311 e. The average Bonchev–Trinajstić information content (AvgIpc) is 3.48. The summed E-state index contributed by atoms with van der Waals surface area (Å²) < 4.78 is 2.02. The van der Waals surface area contributed by atoms with E-state index in [9.17, 15) is 20.0 Å². The minimum absolute atomic E-state index is 0.126. The van der Waals surface area contributed by atoms with Crippen LogP contribution in [0.15, 0.2) is 48.8 Å². The zero-order chi connectivity index (χ0) is 25.7. The molecule has 1 aliphatic heterocycles.